The highest BCUT2D eigenvalue weighted by Crippen LogP contribution is 2.39. The van der Waals surface area contributed by atoms with Gasteiger partial charge in [-0.15, -0.1) is 12.3 Å². The Hall–Kier alpha value is -0.480. The van der Waals surface area contributed by atoms with Gasteiger partial charge >= 0.3 is 0 Å². The van der Waals surface area contributed by atoms with E-state index in [9.17, 15) is 5.11 Å². The first-order valence-electron chi connectivity index (χ1n) is 6.17. The van der Waals surface area contributed by atoms with E-state index in [0.717, 1.165) is 19.3 Å². The quantitative estimate of drug-likeness (QED) is 0.555. The summed E-state index contributed by atoms with van der Waals surface area (Å²) in [5.74, 6) is 3.15. The Balaban J connectivity index is 2.24. The van der Waals surface area contributed by atoms with Crippen molar-refractivity contribution in [2.45, 2.75) is 64.9 Å². The minimum atomic E-state index is -0.116. The third-order valence-corrected chi connectivity index (χ3v) is 3.75. The van der Waals surface area contributed by atoms with Crippen LogP contribution < -0.4 is 0 Å². The van der Waals surface area contributed by atoms with Gasteiger partial charge in [0.2, 0.25) is 0 Å². The monoisotopic (exact) mass is 208 g/mol. The van der Waals surface area contributed by atoms with E-state index in [-0.39, 0.29) is 6.10 Å². The van der Waals surface area contributed by atoms with Crippen molar-refractivity contribution in [2.75, 3.05) is 0 Å². The van der Waals surface area contributed by atoms with Crippen LogP contribution in [0.5, 0.6) is 0 Å². The van der Waals surface area contributed by atoms with Gasteiger partial charge in [0.25, 0.3) is 0 Å². The molecule has 86 valence electrons. The second kappa shape index (κ2) is 5.56. The van der Waals surface area contributed by atoms with Crippen LogP contribution in [0.25, 0.3) is 0 Å². The molecule has 15 heavy (non-hydrogen) atoms. The van der Waals surface area contributed by atoms with E-state index in [1.54, 1.807) is 0 Å². The fraction of sp³-hybridized carbons (Fsp3) is 0.857. The zero-order valence-corrected chi connectivity index (χ0v) is 10.1. The zero-order valence-electron chi connectivity index (χ0n) is 10.1. The Labute approximate surface area is 94.3 Å². The van der Waals surface area contributed by atoms with Gasteiger partial charge in [-0.1, -0.05) is 13.8 Å². The predicted octanol–water partition coefficient (Wildman–Crippen LogP) is 3.37. The van der Waals surface area contributed by atoms with Crippen LogP contribution in [-0.4, -0.2) is 11.2 Å². The fourth-order valence-corrected chi connectivity index (χ4v) is 2.46. The summed E-state index contributed by atoms with van der Waals surface area (Å²) >= 11 is 0. The maximum absolute atomic E-state index is 10.0. The molecule has 0 aromatic heterocycles. The molecule has 1 heteroatoms. The molecule has 0 bridgehead atoms. The lowest BCUT2D eigenvalue weighted by Crippen LogP contribution is -2.29. The van der Waals surface area contributed by atoms with E-state index in [1.807, 2.05) is 0 Å². The van der Waals surface area contributed by atoms with Gasteiger partial charge in [-0.25, -0.2) is 0 Å². The number of unbranched alkanes of at least 4 members (excludes halogenated alkanes) is 1. The molecule has 1 aliphatic carbocycles. The van der Waals surface area contributed by atoms with E-state index in [0.29, 0.717) is 11.3 Å². The minimum Gasteiger partial charge on any atom is -0.393 e. The Morgan fingerprint density at radius 2 is 2.00 bits per heavy atom. The summed E-state index contributed by atoms with van der Waals surface area (Å²) in [5.41, 5.74) is 0.495. The van der Waals surface area contributed by atoms with Crippen LogP contribution in [0, 0.1) is 23.7 Å². The molecule has 0 heterocycles. The standard InChI is InChI=1S/C14H24O/c1-4-5-6-7-13(15)12-8-10-14(2,3)11-9-12/h1,12-13,15H,5-11H2,2-3H3. The molecule has 1 saturated carbocycles. The second-order valence-electron chi connectivity index (χ2n) is 5.67. The van der Waals surface area contributed by atoms with E-state index >= 15 is 0 Å². The maximum Gasteiger partial charge on any atom is 0.0568 e. The van der Waals surface area contributed by atoms with Crippen molar-refractivity contribution in [3.63, 3.8) is 0 Å². The maximum atomic E-state index is 10.0. The molecule has 0 saturated heterocycles. The summed E-state index contributed by atoms with van der Waals surface area (Å²) in [4.78, 5) is 0. The lowest BCUT2D eigenvalue weighted by atomic mass is 9.71. The molecule has 0 radical (unpaired) electrons. The molecular weight excluding hydrogens is 184 g/mol. The molecule has 0 amide bonds. The van der Waals surface area contributed by atoms with Crippen molar-refractivity contribution in [3.05, 3.63) is 0 Å². The molecular formula is C14H24O. The number of terminal acetylenes is 1. The van der Waals surface area contributed by atoms with Gasteiger partial charge in [-0.2, -0.15) is 0 Å². The summed E-state index contributed by atoms with van der Waals surface area (Å²) in [6.45, 7) is 4.65. The summed E-state index contributed by atoms with van der Waals surface area (Å²) in [7, 11) is 0. The van der Waals surface area contributed by atoms with Crippen molar-refractivity contribution in [1.29, 1.82) is 0 Å². The van der Waals surface area contributed by atoms with Crippen LogP contribution in [0.3, 0.4) is 0 Å². The van der Waals surface area contributed by atoms with Crippen molar-refractivity contribution < 1.29 is 5.11 Å². The van der Waals surface area contributed by atoms with Gasteiger partial charge in [0.05, 0.1) is 6.10 Å². The SMILES string of the molecule is C#CCCCC(O)C1CCC(C)(C)CC1. The fourth-order valence-electron chi connectivity index (χ4n) is 2.46. The number of hydrogen-bond acceptors (Lipinski definition) is 1. The lowest BCUT2D eigenvalue weighted by Gasteiger charge is -2.36. The van der Waals surface area contributed by atoms with Crippen molar-refractivity contribution in [2.24, 2.45) is 11.3 Å². The van der Waals surface area contributed by atoms with Crippen LogP contribution in [0.15, 0.2) is 0 Å². The first-order chi connectivity index (χ1) is 7.05. The predicted molar refractivity (Wildman–Crippen MR) is 64.4 cm³/mol. The van der Waals surface area contributed by atoms with Gasteiger partial charge in [0.1, 0.15) is 0 Å². The Bertz CT molecular complexity index is 214. The zero-order chi connectivity index (χ0) is 11.3. The van der Waals surface area contributed by atoms with E-state index < -0.39 is 0 Å². The second-order valence-corrected chi connectivity index (χ2v) is 5.67. The lowest BCUT2D eigenvalue weighted by molar-refractivity contribution is 0.0505. The third-order valence-electron chi connectivity index (χ3n) is 3.75. The molecule has 0 aromatic carbocycles. The number of aliphatic hydroxyl groups is 1. The first kappa shape index (κ1) is 12.6. The third kappa shape index (κ3) is 4.26. The van der Waals surface area contributed by atoms with Crippen molar-refractivity contribution in [1.82, 2.24) is 0 Å². The van der Waals surface area contributed by atoms with Crippen LogP contribution in [0.2, 0.25) is 0 Å². The van der Waals surface area contributed by atoms with Crippen LogP contribution >= 0.6 is 0 Å². The summed E-state index contributed by atoms with van der Waals surface area (Å²) < 4.78 is 0. The molecule has 0 aromatic rings. The van der Waals surface area contributed by atoms with E-state index in [1.165, 1.54) is 25.7 Å². The molecule has 1 N–H and O–H groups in total. The van der Waals surface area contributed by atoms with Gasteiger partial charge < -0.3 is 5.11 Å². The molecule has 1 rings (SSSR count). The highest BCUT2D eigenvalue weighted by Gasteiger charge is 2.30. The molecule has 1 unspecified atom stereocenters. The summed E-state index contributed by atoms with van der Waals surface area (Å²) in [6, 6.07) is 0. The molecule has 1 fully saturated rings. The number of rotatable bonds is 4. The largest absolute Gasteiger partial charge is 0.393 e. The summed E-state index contributed by atoms with van der Waals surface area (Å²) in [5, 5.41) is 10.0. The van der Waals surface area contributed by atoms with E-state index in [2.05, 4.69) is 19.8 Å². The van der Waals surface area contributed by atoms with Gasteiger partial charge in [-0.3, -0.25) is 0 Å². The van der Waals surface area contributed by atoms with Crippen LogP contribution in [0.1, 0.15) is 58.8 Å². The topological polar surface area (TPSA) is 20.2 Å². The normalized spacial score (nSPS) is 23.3. The Kier molecular flexibility index (Phi) is 4.67. The molecule has 0 aliphatic heterocycles. The molecule has 0 spiro atoms. The van der Waals surface area contributed by atoms with Gasteiger partial charge in [-0.05, 0) is 49.9 Å². The highest BCUT2D eigenvalue weighted by molar-refractivity contribution is 4.85. The van der Waals surface area contributed by atoms with Crippen LogP contribution in [-0.2, 0) is 0 Å². The minimum absolute atomic E-state index is 0.116. The van der Waals surface area contributed by atoms with Gasteiger partial charge in [0, 0.05) is 6.42 Å². The smallest absolute Gasteiger partial charge is 0.0568 e. The molecule has 1 atom stereocenters. The van der Waals surface area contributed by atoms with Crippen molar-refractivity contribution >= 4 is 0 Å². The van der Waals surface area contributed by atoms with E-state index in [4.69, 9.17) is 6.42 Å². The molecule has 1 aliphatic rings. The Morgan fingerprint density at radius 3 is 2.53 bits per heavy atom. The Morgan fingerprint density at radius 1 is 1.40 bits per heavy atom. The average molecular weight is 208 g/mol. The number of hydrogen-bond donors (Lipinski definition) is 1. The highest BCUT2D eigenvalue weighted by atomic mass is 16.3. The van der Waals surface area contributed by atoms with Crippen molar-refractivity contribution in [3.8, 4) is 12.3 Å². The number of aliphatic hydroxyl groups excluding tert-OH is 1. The summed E-state index contributed by atoms with van der Waals surface area (Å²) in [6.07, 6.45) is 12.6. The molecule has 1 nitrogen and oxygen atoms in total. The first-order valence-corrected chi connectivity index (χ1v) is 6.17. The van der Waals surface area contributed by atoms with Crippen LogP contribution in [0.4, 0.5) is 0 Å². The van der Waals surface area contributed by atoms with Gasteiger partial charge in [0.15, 0.2) is 0 Å². The average Bonchev–Trinajstić information content (AvgIpc) is 2.18.